The zero-order chi connectivity index (χ0) is 13.5. The first-order valence-electron chi connectivity index (χ1n) is 8.41. The highest BCUT2D eigenvalue weighted by Crippen LogP contribution is 2.32. The van der Waals surface area contributed by atoms with Crippen LogP contribution in [-0.4, -0.2) is 47.6 Å². The molecule has 0 amide bonds. The lowest BCUT2D eigenvalue weighted by molar-refractivity contribution is 0.0210. The molecular formula is C18H26N2. The average molecular weight is 270 g/mol. The molecule has 0 saturated carbocycles. The average Bonchev–Trinajstić information content (AvgIpc) is 3.11. The van der Waals surface area contributed by atoms with Gasteiger partial charge in [-0.15, -0.1) is 0 Å². The van der Waals surface area contributed by atoms with Crippen molar-refractivity contribution in [1.29, 1.82) is 0 Å². The first kappa shape index (κ1) is 12.8. The highest BCUT2D eigenvalue weighted by molar-refractivity contribution is 5.33. The molecule has 2 heterocycles. The molecule has 108 valence electrons. The molecule has 0 aromatic heterocycles. The summed E-state index contributed by atoms with van der Waals surface area (Å²) in [6, 6.07) is 11.5. The number of hydrogen-bond donors (Lipinski definition) is 0. The summed E-state index contributed by atoms with van der Waals surface area (Å²) in [6.45, 7) is 6.35. The van der Waals surface area contributed by atoms with Gasteiger partial charge >= 0.3 is 0 Å². The van der Waals surface area contributed by atoms with E-state index in [0.29, 0.717) is 0 Å². The fourth-order valence-electron chi connectivity index (χ4n) is 4.69. The fourth-order valence-corrected chi connectivity index (χ4v) is 4.69. The van der Waals surface area contributed by atoms with Crippen molar-refractivity contribution < 1.29 is 0 Å². The summed E-state index contributed by atoms with van der Waals surface area (Å²) >= 11 is 0. The number of nitrogens with zero attached hydrogens (tertiary/aromatic N) is 2. The second-order valence-corrected chi connectivity index (χ2v) is 6.88. The van der Waals surface area contributed by atoms with Gasteiger partial charge in [0, 0.05) is 31.2 Å². The molecule has 20 heavy (non-hydrogen) atoms. The zero-order valence-corrected chi connectivity index (χ0v) is 12.6. The maximum absolute atomic E-state index is 2.87. The van der Waals surface area contributed by atoms with E-state index in [9.17, 15) is 0 Å². The molecule has 2 atom stereocenters. The van der Waals surface area contributed by atoms with E-state index in [-0.39, 0.29) is 0 Å². The van der Waals surface area contributed by atoms with Crippen molar-refractivity contribution >= 4 is 0 Å². The highest BCUT2D eigenvalue weighted by atomic mass is 15.3. The van der Waals surface area contributed by atoms with Crippen molar-refractivity contribution in [3.63, 3.8) is 0 Å². The topological polar surface area (TPSA) is 6.48 Å². The standard InChI is InChI=1S/C18H26N2/c1-2-16-12-19-9-5-8-17(19)13-20(16)18-10-14-6-3-4-7-15(14)11-18/h3-4,6-7,16-18H,2,5,8-13H2,1H3. The monoisotopic (exact) mass is 270 g/mol. The second-order valence-electron chi connectivity index (χ2n) is 6.88. The maximum atomic E-state index is 2.87. The predicted molar refractivity (Wildman–Crippen MR) is 83.0 cm³/mol. The van der Waals surface area contributed by atoms with Gasteiger partial charge in [-0.05, 0) is 49.8 Å². The van der Waals surface area contributed by atoms with E-state index in [2.05, 4.69) is 41.0 Å². The summed E-state index contributed by atoms with van der Waals surface area (Å²) in [7, 11) is 0. The molecule has 2 nitrogen and oxygen atoms in total. The molecule has 1 aromatic carbocycles. The Balaban J connectivity index is 1.53. The maximum Gasteiger partial charge on any atom is 0.0224 e. The Morgan fingerprint density at radius 1 is 1.05 bits per heavy atom. The molecule has 0 spiro atoms. The molecule has 2 heteroatoms. The smallest absolute Gasteiger partial charge is 0.0224 e. The van der Waals surface area contributed by atoms with Gasteiger partial charge < -0.3 is 0 Å². The van der Waals surface area contributed by atoms with Gasteiger partial charge in [0.15, 0.2) is 0 Å². The molecule has 2 fully saturated rings. The number of piperazine rings is 1. The summed E-state index contributed by atoms with van der Waals surface area (Å²) in [6.07, 6.45) is 6.70. The molecule has 3 aliphatic rings. The first-order valence-corrected chi connectivity index (χ1v) is 8.41. The molecule has 2 aliphatic heterocycles. The number of fused-ring (bicyclic) bond motifs is 2. The molecule has 4 rings (SSSR count). The minimum Gasteiger partial charge on any atom is -0.298 e. The molecule has 1 aliphatic carbocycles. The van der Waals surface area contributed by atoms with Gasteiger partial charge in [-0.1, -0.05) is 31.2 Å². The lowest BCUT2D eigenvalue weighted by Gasteiger charge is -2.46. The minimum absolute atomic E-state index is 0.764. The van der Waals surface area contributed by atoms with Crippen LogP contribution in [0.15, 0.2) is 24.3 Å². The SMILES string of the molecule is CCC1CN2CCCC2CN1C1Cc2ccccc2C1. The van der Waals surface area contributed by atoms with Crippen LogP contribution in [0.2, 0.25) is 0 Å². The van der Waals surface area contributed by atoms with E-state index in [1.54, 1.807) is 11.1 Å². The van der Waals surface area contributed by atoms with Gasteiger partial charge in [0.2, 0.25) is 0 Å². The summed E-state index contributed by atoms with van der Waals surface area (Å²) in [5.74, 6) is 0. The van der Waals surface area contributed by atoms with E-state index in [4.69, 9.17) is 0 Å². The molecule has 2 unspecified atom stereocenters. The van der Waals surface area contributed by atoms with E-state index in [0.717, 1.165) is 18.1 Å². The van der Waals surface area contributed by atoms with Crippen molar-refractivity contribution in [1.82, 2.24) is 9.80 Å². The number of benzene rings is 1. The number of rotatable bonds is 2. The van der Waals surface area contributed by atoms with Crippen molar-refractivity contribution in [2.75, 3.05) is 19.6 Å². The van der Waals surface area contributed by atoms with Gasteiger partial charge in [-0.2, -0.15) is 0 Å². The Morgan fingerprint density at radius 2 is 1.80 bits per heavy atom. The molecule has 0 radical (unpaired) electrons. The van der Waals surface area contributed by atoms with E-state index < -0.39 is 0 Å². The minimum atomic E-state index is 0.764. The Morgan fingerprint density at radius 3 is 2.50 bits per heavy atom. The number of hydrogen-bond acceptors (Lipinski definition) is 2. The van der Waals surface area contributed by atoms with Crippen LogP contribution < -0.4 is 0 Å². The fraction of sp³-hybridized carbons (Fsp3) is 0.667. The quantitative estimate of drug-likeness (QED) is 0.815. The normalized spacial score (nSPS) is 31.4. The highest BCUT2D eigenvalue weighted by Gasteiger charge is 2.39. The van der Waals surface area contributed by atoms with Crippen LogP contribution in [0, 0.1) is 0 Å². The Kier molecular flexibility index (Phi) is 3.31. The molecule has 1 aromatic rings. The molecule has 2 saturated heterocycles. The van der Waals surface area contributed by atoms with Gasteiger partial charge in [0.05, 0.1) is 0 Å². The summed E-state index contributed by atoms with van der Waals surface area (Å²) in [5.41, 5.74) is 3.20. The third-order valence-electron chi connectivity index (χ3n) is 5.80. The van der Waals surface area contributed by atoms with Gasteiger partial charge in [-0.25, -0.2) is 0 Å². The lowest BCUT2D eigenvalue weighted by Crippen LogP contribution is -2.59. The Hall–Kier alpha value is -0.860. The third kappa shape index (κ3) is 2.10. The van der Waals surface area contributed by atoms with Gasteiger partial charge in [0.1, 0.15) is 0 Å². The van der Waals surface area contributed by atoms with Gasteiger partial charge in [0.25, 0.3) is 0 Å². The zero-order valence-electron chi connectivity index (χ0n) is 12.6. The van der Waals surface area contributed by atoms with Crippen LogP contribution in [-0.2, 0) is 12.8 Å². The Labute approximate surface area is 122 Å². The van der Waals surface area contributed by atoms with Crippen LogP contribution in [0.3, 0.4) is 0 Å². The van der Waals surface area contributed by atoms with E-state index in [1.807, 2.05) is 0 Å². The predicted octanol–water partition coefficient (Wildman–Crippen LogP) is 2.71. The second kappa shape index (κ2) is 5.16. The van der Waals surface area contributed by atoms with Crippen LogP contribution >= 0.6 is 0 Å². The van der Waals surface area contributed by atoms with Crippen molar-refractivity contribution in [3.05, 3.63) is 35.4 Å². The van der Waals surface area contributed by atoms with E-state index in [1.165, 1.54) is 51.7 Å². The Bertz CT molecular complexity index is 459. The van der Waals surface area contributed by atoms with Gasteiger partial charge in [-0.3, -0.25) is 9.80 Å². The summed E-state index contributed by atoms with van der Waals surface area (Å²) < 4.78 is 0. The van der Waals surface area contributed by atoms with Crippen molar-refractivity contribution in [2.45, 2.75) is 57.2 Å². The van der Waals surface area contributed by atoms with Crippen LogP contribution in [0.4, 0.5) is 0 Å². The van der Waals surface area contributed by atoms with Crippen LogP contribution in [0.1, 0.15) is 37.3 Å². The largest absolute Gasteiger partial charge is 0.298 e. The summed E-state index contributed by atoms with van der Waals surface area (Å²) in [5, 5.41) is 0. The summed E-state index contributed by atoms with van der Waals surface area (Å²) in [4.78, 5) is 5.62. The van der Waals surface area contributed by atoms with E-state index >= 15 is 0 Å². The first-order chi connectivity index (χ1) is 9.85. The molecular weight excluding hydrogens is 244 g/mol. The van der Waals surface area contributed by atoms with Crippen molar-refractivity contribution in [2.24, 2.45) is 0 Å². The van der Waals surface area contributed by atoms with Crippen LogP contribution in [0.5, 0.6) is 0 Å². The molecule has 0 bridgehead atoms. The third-order valence-corrected chi connectivity index (χ3v) is 5.80. The lowest BCUT2D eigenvalue weighted by atomic mass is 10.0. The molecule has 0 N–H and O–H groups in total. The van der Waals surface area contributed by atoms with Crippen LogP contribution in [0.25, 0.3) is 0 Å². The van der Waals surface area contributed by atoms with Crippen molar-refractivity contribution in [3.8, 4) is 0 Å².